The standard InChI is InChI=1S/C17H19ClN2O4S/c1-12-15(13-3-2-4-14(18)11-13)25(21,22)19-16(12)20-7-5-17(6-8-20)23-9-10-24-17/h2-4,11H,5-10H2,1H3. The van der Waals surface area contributed by atoms with E-state index >= 15 is 0 Å². The Labute approximate surface area is 152 Å². The molecule has 6 nitrogen and oxygen atoms in total. The largest absolute Gasteiger partial charge is 0.355 e. The van der Waals surface area contributed by atoms with Crippen LogP contribution in [0.4, 0.5) is 0 Å². The molecular formula is C17H19ClN2O4S. The molecule has 0 N–H and O–H groups in total. The molecule has 1 spiro atoms. The maximum atomic E-state index is 12.6. The third-order valence-electron chi connectivity index (χ3n) is 4.87. The summed E-state index contributed by atoms with van der Waals surface area (Å²) in [6.45, 7) is 4.33. The lowest BCUT2D eigenvalue weighted by Gasteiger charge is -2.38. The Balaban J connectivity index is 1.63. The lowest BCUT2D eigenvalue weighted by atomic mass is 10.0. The first-order valence-corrected chi connectivity index (χ1v) is 10.1. The second-order valence-electron chi connectivity index (χ2n) is 6.45. The van der Waals surface area contributed by atoms with E-state index in [2.05, 4.69) is 4.40 Å². The number of amidine groups is 1. The smallest absolute Gasteiger partial charge is 0.285 e. The highest BCUT2D eigenvalue weighted by Gasteiger charge is 2.42. The molecule has 3 aliphatic rings. The number of rotatable bonds is 1. The fourth-order valence-electron chi connectivity index (χ4n) is 3.66. The maximum Gasteiger partial charge on any atom is 0.285 e. The molecule has 0 unspecified atom stereocenters. The Hall–Kier alpha value is -1.41. The molecule has 4 rings (SSSR count). The minimum atomic E-state index is -3.73. The first-order chi connectivity index (χ1) is 11.9. The molecule has 0 radical (unpaired) electrons. The van der Waals surface area contributed by atoms with Crippen molar-refractivity contribution in [3.8, 4) is 0 Å². The molecule has 0 saturated carbocycles. The molecule has 1 aromatic carbocycles. The van der Waals surface area contributed by atoms with E-state index in [0.29, 0.717) is 61.1 Å². The molecule has 0 atom stereocenters. The van der Waals surface area contributed by atoms with Crippen LogP contribution in [0.1, 0.15) is 25.3 Å². The van der Waals surface area contributed by atoms with Gasteiger partial charge in [-0.25, -0.2) is 0 Å². The van der Waals surface area contributed by atoms with Crippen LogP contribution in [-0.4, -0.2) is 51.2 Å². The number of hydrogen-bond donors (Lipinski definition) is 0. The summed E-state index contributed by atoms with van der Waals surface area (Å²) in [6, 6.07) is 6.86. The third-order valence-corrected chi connectivity index (χ3v) is 6.57. The SMILES string of the molecule is CC1=C(c2cccc(Cl)c2)S(=O)(=O)N=C1N1CCC2(CC1)OCCO2. The zero-order chi connectivity index (χ0) is 17.7. The van der Waals surface area contributed by atoms with Gasteiger partial charge < -0.3 is 14.4 Å². The lowest BCUT2D eigenvalue weighted by molar-refractivity contribution is -0.180. The number of nitrogens with zero attached hydrogens (tertiary/aromatic N) is 2. The molecule has 0 aliphatic carbocycles. The van der Waals surface area contributed by atoms with Crippen molar-refractivity contribution < 1.29 is 17.9 Å². The highest BCUT2D eigenvalue weighted by Crippen LogP contribution is 2.37. The van der Waals surface area contributed by atoms with Crippen LogP contribution in [0.2, 0.25) is 5.02 Å². The summed E-state index contributed by atoms with van der Waals surface area (Å²) < 4.78 is 40.7. The van der Waals surface area contributed by atoms with E-state index in [1.807, 2.05) is 4.90 Å². The molecule has 0 bridgehead atoms. The molecule has 1 aromatic rings. The molecule has 0 amide bonds. The first-order valence-electron chi connectivity index (χ1n) is 8.25. The van der Waals surface area contributed by atoms with E-state index in [9.17, 15) is 8.42 Å². The summed E-state index contributed by atoms with van der Waals surface area (Å²) in [5.41, 5.74) is 1.23. The molecule has 8 heteroatoms. The number of benzene rings is 1. The number of hydrogen-bond acceptors (Lipinski definition) is 5. The predicted molar refractivity (Wildman–Crippen MR) is 95.8 cm³/mol. The van der Waals surface area contributed by atoms with Crippen molar-refractivity contribution in [3.63, 3.8) is 0 Å². The van der Waals surface area contributed by atoms with Crippen LogP contribution in [0, 0.1) is 0 Å². The van der Waals surface area contributed by atoms with Gasteiger partial charge in [0.15, 0.2) is 5.79 Å². The average molecular weight is 383 g/mol. The Morgan fingerprint density at radius 1 is 1.20 bits per heavy atom. The minimum Gasteiger partial charge on any atom is -0.355 e. The van der Waals surface area contributed by atoms with Crippen molar-refractivity contribution in [1.82, 2.24) is 4.90 Å². The number of likely N-dealkylation sites (tertiary alicyclic amines) is 1. The highest BCUT2D eigenvalue weighted by atomic mass is 35.5. The number of ether oxygens (including phenoxy) is 2. The second kappa shape index (κ2) is 6.09. The predicted octanol–water partition coefficient (Wildman–Crippen LogP) is 2.65. The molecular weight excluding hydrogens is 364 g/mol. The molecule has 2 saturated heterocycles. The quantitative estimate of drug-likeness (QED) is 0.746. The van der Waals surface area contributed by atoms with Crippen molar-refractivity contribution in [2.45, 2.75) is 25.6 Å². The van der Waals surface area contributed by atoms with Crippen molar-refractivity contribution in [2.24, 2.45) is 4.40 Å². The zero-order valence-corrected chi connectivity index (χ0v) is 15.4. The Bertz CT molecular complexity index is 862. The van der Waals surface area contributed by atoms with Gasteiger partial charge in [0.05, 0.1) is 13.2 Å². The van der Waals surface area contributed by atoms with Crippen LogP contribution in [0.15, 0.2) is 34.2 Å². The normalized spacial score (nSPS) is 24.9. The fraction of sp³-hybridized carbons (Fsp3) is 0.471. The monoisotopic (exact) mass is 382 g/mol. The van der Waals surface area contributed by atoms with Gasteiger partial charge in [-0.05, 0) is 24.6 Å². The average Bonchev–Trinajstić information content (AvgIpc) is 3.11. The molecule has 3 aliphatic heterocycles. The Kier molecular flexibility index (Phi) is 4.15. The van der Waals surface area contributed by atoms with Gasteiger partial charge >= 0.3 is 0 Å². The number of piperidine rings is 1. The lowest BCUT2D eigenvalue weighted by Crippen LogP contribution is -2.47. The highest BCUT2D eigenvalue weighted by molar-refractivity contribution is 8.00. The summed E-state index contributed by atoms with van der Waals surface area (Å²) in [4.78, 5) is 2.24. The molecule has 3 heterocycles. The van der Waals surface area contributed by atoms with E-state index in [1.54, 1.807) is 31.2 Å². The molecule has 25 heavy (non-hydrogen) atoms. The molecule has 2 fully saturated rings. The van der Waals surface area contributed by atoms with E-state index in [4.69, 9.17) is 21.1 Å². The first kappa shape index (κ1) is 17.0. The maximum absolute atomic E-state index is 12.6. The fourth-order valence-corrected chi connectivity index (χ4v) is 5.32. The van der Waals surface area contributed by atoms with Gasteiger partial charge in [0.25, 0.3) is 10.0 Å². The zero-order valence-electron chi connectivity index (χ0n) is 13.9. The van der Waals surface area contributed by atoms with Gasteiger partial charge in [-0.2, -0.15) is 8.42 Å². The van der Waals surface area contributed by atoms with Crippen LogP contribution in [0.3, 0.4) is 0 Å². The summed E-state index contributed by atoms with van der Waals surface area (Å²) in [5, 5.41) is 0.497. The number of halogens is 1. The van der Waals surface area contributed by atoms with Crippen LogP contribution in [-0.2, 0) is 19.5 Å². The summed E-state index contributed by atoms with van der Waals surface area (Å²) >= 11 is 6.03. The molecule has 0 aromatic heterocycles. The Morgan fingerprint density at radius 3 is 2.52 bits per heavy atom. The van der Waals surface area contributed by atoms with Crippen LogP contribution >= 0.6 is 11.6 Å². The van der Waals surface area contributed by atoms with Gasteiger partial charge in [-0.1, -0.05) is 23.7 Å². The van der Waals surface area contributed by atoms with Crippen molar-refractivity contribution in [2.75, 3.05) is 26.3 Å². The van der Waals surface area contributed by atoms with Gasteiger partial charge in [0.2, 0.25) is 0 Å². The van der Waals surface area contributed by atoms with Crippen molar-refractivity contribution in [1.29, 1.82) is 0 Å². The summed E-state index contributed by atoms with van der Waals surface area (Å²) in [7, 11) is -3.73. The van der Waals surface area contributed by atoms with E-state index in [1.165, 1.54) is 0 Å². The van der Waals surface area contributed by atoms with Gasteiger partial charge in [-0.3, -0.25) is 0 Å². The third kappa shape index (κ3) is 2.99. The van der Waals surface area contributed by atoms with Crippen LogP contribution in [0.25, 0.3) is 4.91 Å². The minimum absolute atomic E-state index is 0.235. The Morgan fingerprint density at radius 2 is 1.88 bits per heavy atom. The molecule has 134 valence electrons. The second-order valence-corrected chi connectivity index (χ2v) is 8.43. The van der Waals surface area contributed by atoms with Crippen LogP contribution in [0.5, 0.6) is 0 Å². The summed E-state index contributed by atoms with van der Waals surface area (Å²) in [6.07, 6.45) is 1.40. The van der Waals surface area contributed by atoms with Crippen molar-refractivity contribution in [3.05, 3.63) is 40.4 Å². The van der Waals surface area contributed by atoms with E-state index in [0.717, 1.165) is 0 Å². The van der Waals surface area contributed by atoms with E-state index < -0.39 is 15.8 Å². The summed E-state index contributed by atoms with van der Waals surface area (Å²) in [5.74, 6) is 0.0184. The van der Waals surface area contributed by atoms with Crippen LogP contribution < -0.4 is 0 Å². The van der Waals surface area contributed by atoms with Gasteiger partial charge in [-0.15, -0.1) is 4.40 Å². The van der Waals surface area contributed by atoms with Crippen molar-refractivity contribution >= 4 is 32.4 Å². The van der Waals surface area contributed by atoms with Gasteiger partial charge in [0, 0.05) is 36.5 Å². The van der Waals surface area contributed by atoms with Gasteiger partial charge in [0.1, 0.15) is 10.7 Å². The van der Waals surface area contributed by atoms with E-state index in [-0.39, 0.29) is 4.91 Å². The number of sulfonamides is 1. The topological polar surface area (TPSA) is 68.2 Å².